The predicted molar refractivity (Wildman–Crippen MR) is 79.2 cm³/mol. The molecule has 0 spiro atoms. The van der Waals surface area contributed by atoms with Crippen LogP contribution in [-0.4, -0.2) is 42.2 Å². The first kappa shape index (κ1) is 15.0. The summed E-state index contributed by atoms with van der Waals surface area (Å²) in [5.41, 5.74) is 1.18. The molecule has 0 aromatic heterocycles. The van der Waals surface area contributed by atoms with Gasteiger partial charge in [0.15, 0.2) is 0 Å². The van der Waals surface area contributed by atoms with Crippen molar-refractivity contribution in [2.75, 3.05) is 20.2 Å². The normalized spacial score (nSPS) is 17.8. The van der Waals surface area contributed by atoms with Crippen LogP contribution in [0.25, 0.3) is 0 Å². The maximum Gasteiger partial charge on any atom is 0.234 e. The highest BCUT2D eigenvalue weighted by atomic mass is 16.3. The third-order valence-corrected chi connectivity index (χ3v) is 3.98. The van der Waals surface area contributed by atoms with E-state index in [9.17, 15) is 4.79 Å². The highest BCUT2D eigenvalue weighted by Crippen LogP contribution is 2.40. The Kier molecular flexibility index (Phi) is 5.15. The quantitative estimate of drug-likeness (QED) is 0.795. The van der Waals surface area contributed by atoms with Crippen molar-refractivity contribution in [2.45, 2.75) is 31.8 Å². The molecular weight excluding hydrogens is 252 g/mol. The van der Waals surface area contributed by atoms with Crippen molar-refractivity contribution >= 4 is 5.91 Å². The summed E-state index contributed by atoms with van der Waals surface area (Å²) >= 11 is 0. The molecule has 0 radical (unpaired) electrons. The van der Waals surface area contributed by atoms with Gasteiger partial charge in [0.25, 0.3) is 0 Å². The average Bonchev–Trinajstić information content (AvgIpc) is 3.29. The molecule has 1 amide bonds. The number of nitrogens with zero attached hydrogens (tertiary/aromatic N) is 1. The molecule has 1 fully saturated rings. The van der Waals surface area contributed by atoms with Gasteiger partial charge in [0.1, 0.15) is 0 Å². The molecular formula is C16H24N2O2. The van der Waals surface area contributed by atoms with E-state index in [1.54, 1.807) is 0 Å². The summed E-state index contributed by atoms with van der Waals surface area (Å²) in [6.07, 6.45) is 2.37. The number of benzene rings is 1. The molecule has 4 nitrogen and oxygen atoms in total. The summed E-state index contributed by atoms with van der Waals surface area (Å²) < 4.78 is 0. The second-order valence-electron chi connectivity index (χ2n) is 5.74. The first-order valence-electron chi connectivity index (χ1n) is 7.27. The van der Waals surface area contributed by atoms with Crippen LogP contribution in [0, 0.1) is 5.92 Å². The Morgan fingerprint density at radius 3 is 2.60 bits per heavy atom. The highest BCUT2D eigenvalue weighted by molar-refractivity contribution is 5.78. The van der Waals surface area contributed by atoms with Gasteiger partial charge in [-0.05, 0) is 38.3 Å². The van der Waals surface area contributed by atoms with Crippen molar-refractivity contribution in [3.63, 3.8) is 0 Å². The van der Waals surface area contributed by atoms with Gasteiger partial charge in [-0.1, -0.05) is 30.3 Å². The van der Waals surface area contributed by atoms with Crippen LogP contribution in [0.5, 0.6) is 0 Å². The van der Waals surface area contributed by atoms with Crippen molar-refractivity contribution in [2.24, 2.45) is 5.92 Å². The van der Waals surface area contributed by atoms with E-state index in [-0.39, 0.29) is 24.6 Å². The Hall–Kier alpha value is -1.39. The topological polar surface area (TPSA) is 52.6 Å². The van der Waals surface area contributed by atoms with Crippen molar-refractivity contribution < 1.29 is 9.90 Å². The largest absolute Gasteiger partial charge is 0.395 e. The van der Waals surface area contributed by atoms with Crippen LogP contribution < -0.4 is 5.32 Å². The minimum atomic E-state index is -0.00292. The average molecular weight is 276 g/mol. The molecule has 20 heavy (non-hydrogen) atoms. The number of likely N-dealkylation sites (N-methyl/N-ethyl adjacent to an activating group) is 1. The Labute approximate surface area is 120 Å². The molecule has 1 aromatic carbocycles. The number of hydrogen-bond donors (Lipinski definition) is 2. The number of aliphatic hydroxyl groups excluding tert-OH is 1. The molecule has 0 saturated heterocycles. The third kappa shape index (κ3) is 4.05. The number of nitrogens with one attached hydrogen (secondary N) is 1. The van der Waals surface area contributed by atoms with Crippen LogP contribution in [0.1, 0.15) is 31.4 Å². The Bertz CT molecular complexity index is 431. The lowest BCUT2D eigenvalue weighted by atomic mass is 10.0. The molecule has 0 aliphatic heterocycles. The van der Waals surface area contributed by atoms with Crippen molar-refractivity contribution in [1.29, 1.82) is 0 Å². The predicted octanol–water partition coefficient (Wildman–Crippen LogP) is 1.57. The van der Waals surface area contributed by atoms with Gasteiger partial charge in [-0.2, -0.15) is 0 Å². The molecule has 1 aromatic rings. The number of hydrogen-bond acceptors (Lipinski definition) is 3. The lowest BCUT2D eigenvalue weighted by Gasteiger charge is -2.24. The molecule has 0 heterocycles. The first-order valence-corrected chi connectivity index (χ1v) is 7.27. The lowest BCUT2D eigenvalue weighted by molar-refractivity contribution is -0.123. The number of rotatable bonds is 7. The maximum atomic E-state index is 12.2. The van der Waals surface area contributed by atoms with E-state index in [0.717, 1.165) is 0 Å². The second-order valence-corrected chi connectivity index (χ2v) is 5.74. The summed E-state index contributed by atoms with van der Waals surface area (Å²) in [7, 11) is 1.86. The first-order chi connectivity index (χ1) is 9.61. The summed E-state index contributed by atoms with van der Waals surface area (Å²) in [5.74, 6) is 0.593. The summed E-state index contributed by atoms with van der Waals surface area (Å²) in [6, 6.07) is 10.3. The van der Waals surface area contributed by atoms with Gasteiger partial charge in [0.2, 0.25) is 5.91 Å². The minimum absolute atomic E-state index is 0.00292. The number of amides is 1. The smallest absolute Gasteiger partial charge is 0.234 e. The Balaban J connectivity index is 1.94. The summed E-state index contributed by atoms with van der Waals surface area (Å²) in [6.45, 7) is 2.29. The fourth-order valence-corrected chi connectivity index (χ4v) is 2.30. The van der Waals surface area contributed by atoms with Gasteiger partial charge in [0, 0.05) is 6.04 Å². The SMILES string of the molecule is CC(CO)N(C)CC(=O)NC(c1ccccc1)C1CC1. The maximum absolute atomic E-state index is 12.2. The van der Waals surface area contributed by atoms with Gasteiger partial charge >= 0.3 is 0 Å². The van der Waals surface area contributed by atoms with E-state index < -0.39 is 0 Å². The summed E-state index contributed by atoms with van der Waals surface area (Å²) in [5, 5.41) is 12.2. The van der Waals surface area contributed by atoms with E-state index >= 15 is 0 Å². The van der Waals surface area contributed by atoms with E-state index in [4.69, 9.17) is 5.11 Å². The van der Waals surface area contributed by atoms with E-state index in [1.807, 2.05) is 37.1 Å². The van der Waals surface area contributed by atoms with Gasteiger partial charge in [-0.3, -0.25) is 9.69 Å². The summed E-state index contributed by atoms with van der Waals surface area (Å²) in [4.78, 5) is 14.0. The van der Waals surface area contributed by atoms with Crippen LogP contribution in [-0.2, 0) is 4.79 Å². The molecule has 0 bridgehead atoms. The fourth-order valence-electron chi connectivity index (χ4n) is 2.30. The molecule has 4 heteroatoms. The van der Waals surface area contributed by atoms with E-state index in [0.29, 0.717) is 12.5 Å². The van der Waals surface area contributed by atoms with Gasteiger partial charge in [-0.15, -0.1) is 0 Å². The van der Waals surface area contributed by atoms with Gasteiger partial charge < -0.3 is 10.4 Å². The number of aliphatic hydroxyl groups is 1. The lowest BCUT2D eigenvalue weighted by Crippen LogP contribution is -2.42. The third-order valence-electron chi connectivity index (χ3n) is 3.98. The molecule has 1 aliphatic carbocycles. The zero-order chi connectivity index (χ0) is 14.5. The van der Waals surface area contributed by atoms with Crippen molar-refractivity contribution in [1.82, 2.24) is 10.2 Å². The minimum Gasteiger partial charge on any atom is -0.395 e. The van der Waals surface area contributed by atoms with Crippen LogP contribution in [0.2, 0.25) is 0 Å². The molecule has 2 N–H and O–H groups in total. The number of carbonyl (C=O) groups is 1. The Morgan fingerprint density at radius 1 is 1.40 bits per heavy atom. The van der Waals surface area contributed by atoms with Crippen LogP contribution in [0.15, 0.2) is 30.3 Å². The molecule has 2 atom stereocenters. The van der Waals surface area contributed by atoms with Crippen molar-refractivity contribution in [3.05, 3.63) is 35.9 Å². The van der Waals surface area contributed by atoms with E-state index in [1.165, 1.54) is 18.4 Å². The van der Waals surface area contributed by atoms with Crippen LogP contribution in [0.3, 0.4) is 0 Å². The monoisotopic (exact) mass is 276 g/mol. The molecule has 2 rings (SSSR count). The van der Waals surface area contributed by atoms with Crippen LogP contribution in [0.4, 0.5) is 0 Å². The van der Waals surface area contributed by atoms with Gasteiger partial charge in [-0.25, -0.2) is 0 Å². The standard InChI is InChI=1S/C16H24N2O2/c1-12(11-19)18(2)10-15(20)17-16(14-8-9-14)13-6-4-3-5-7-13/h3-7,12,14,16,19H,8-11H2,1-2H3,(H,17,20). The van der Waals surface area contributed by atoms with Crippen LogP contribution >= 0.6 is 0 Å². The molecule has 1 aliphatic rings. The van der Waals surface area contributed by atoms with Gasteiger partial charge in [0.05, 0.1) is 19.2 Å². The van der Waals surface area contributed by atoms with E-state index in [2.05, 4.69) is 17.4 Å². The zero-order valence-electron chi connectivity index (χ0n) is 12.2. The Morgan fingerprint density at radius 2 is 2.05 bits per heavy atom. The molecule has 2 unspecified atom stereocenters. The second kappa shape index (κ2) is 6.86. The zero-order valence-corrected chi connectivity index (χ0v) is 12.2. The molecule has 1 saturated carbocycles. The molecule has 110 valence electrons. The fraction of sp³-hybridized carbons (Fsp3) is 0.562. The number of carbonyl (C=O) groups excluding carboxylic acids is 1. The van der Waals surface area contributed by atoms with Crippen molar-refractivity contribution in [3.8, 4) is 0 Å². The highest BCUT2D eigenvalue weighted by Gasteiger charge is 2.33.